The molecule has 5 aromatic rings. The Balaban J connectivity index is 1.10. The molecule has 7 rings (SSSR count). The highest BCUT2D eigenvalue weighted by Crippen LogP contribution is 2.40. The molecule has 2 heterocycles. The summed E-state index contributed by atoms with van der Waals surface area (Å²) in [4.78, 5) is 39.8. The SMILES string of the molecule is CC(=O)Nc1ccc(SC[C@H]2C[C@@H](c3ccc(CO)cc3)O[C@@H](c3cccc(-c4cccc(CN5C(=O)c6ccccc6C5=O)c4)c3)O2)cc1. The van der Waals surface area contributed by atoms with Crippen LogP contribution in [-0.2, 0) is 27.4 Å². The number of rotatable bonds is 10. The van der Waals surface area contributed by atoms with Crippen LogP contribution in [0.5, 0.6) is 0 Å². The molecule has 0 unspecified atom stereocenters. The van der Waals surface area contributed by atoms with E-state index in [4.69, 9.17) is 9.47 Å². The van der Waals surface area contributed by atoms with Crippen LogP contribution in [0.2, 0.25) is 0 Å². The Labute approximate surface area is 295 Å². The van der Waals surface area contributed by atoms with Crippen LogP contribution in [0.25, 0.3) is 11.1 Å². The van der Waals surface area contributed by atoms with Crippen LogP contribution in [0.15, 0.2) is 126 Å². The first-order valence-corrected chi connectivity index (χ1v) is 17.5. The average Bonchev–Trinajstić information content (AvgIpc) is 3.39. The number of ether oxygens (including phenoxy) is 2. The van der Waals surface area contributed by atoms with Crippen LogP contribution >= 0.6 is 11.8 Å². The van der Waals surface area contributed by atoms with Gasteiger partial charge in [0.05, 0.1) is 36.5 Å². The first-order valence-electron chi connectivity index (χ1n) is 16.5. The molecule has 50 heavy (non-hydrogen) atoms. The molecule has 0 aliphatic carbocycles. The van der Waals surface area contributed by atoms with Crippen molar-refractivity contribution in [2.24, 2.45) is 0 Å². The third-order valence-corrected chi connectivity index (χ3v) is 10.0. The molecule has 3 amide bonds. The van der Waals surface area contributed by atoms with Gasteiger partial charge in [-0.3, -0.25) is 19.3 Å². The van der Waals surface area contributed by atoms with Crippen LogP contribution in [-0.4, -0.2) is 39.6 Å². The third-order valence-electron chi connectivity index (χ3n) is 8.86. The normalized spacial score (nSPS) is 18.6. The quantitative estimate of drug-likeness (QED) is 0.114. The molecular weight excluding hydrogens is 649 g/mol. The van der Waals surface area contributed by atoms with E-state index in [1.54, 1.807) is 36.0 Å². The van der Waals surface area contributed by atoms with Crippen molar-refractivity contribution >= 4 is 35.2 Å². The van der Waals surface area contributed by atoms with Gasteiger partial charge in [0.25, 0.3) is 11.8 Å². The molecule has 5 aromatic carbocycles. The van der Waals surface area contributed by atoms with Gasteiger partial charge in [-0.05, 0) is 76.3 Å². The number of imide groups is 1. The topological polar surface area (TPSA) is 105 Å². The first kappa shape index (κ1) is 33.4. The van der Waals surface area contributed by atoms with Gasteiger partial charge in [0.1, 0.15) is 0 Å². The number of aliphatic hydroxyl groups excluding tert-OH is 1. The van der Waals surface area contributed by atoms with Crippen LogP contribution in [0.1, 0.15) is 68.7 Å². The van der Waals surface area contributed by atoms with E-state index in [1.807, 2.05) is 91.0 Å². The van der Waals surface area contributed by atoms with Crippen molar-refractivity contribution < 1.29 is 29.0 Å². The number of carbonyl (C=O) groups excluding carboxylic acids is 3. The third kappa shape index (κ3) is 7.41. The minimum absolute atomic E-state index is 0.0240. The predicted octanol–water partition coefficient (Wildman–Crippen LogP) is 7.94. The Morgan fingerprint density at radius 2 is 1.46 bits per heavy atom. The lowest BCUT2D eigenvalue weighted by Crippen LogP contribution is -2.31. The van der Waals surface area contributed by atoms with Crippen LogP contribution in [0.3, 0.4) is 0 Å². The monoisotopic (exact) mass is 684 g/mol. The summed E-state index contributed by atoms with van der Waals surface area (Å²) in [5, 5.41) is 12.4. The Morgan fingerprint density at radius 1 is 0.780 bits per heavy atom. The van der Waals surface area contributed by atoms with Gasteiger partial charge in [0, 0.05) is 35.2 Å². The van der Waals surface area contributed by atoms with Gasteiger partial charge < -0.3 is 19.9 Å². The second-order valence-corrected chi connectivity index (χ2v) is 13.5. The maximum absolute atomic E-state index is 13.0. The maximum Gasteiger partial charge on any atom is 0.261 e. The number of carbonyl (C=O) groups is 3. The molecule has 0 spiro atoms. The molecule has 2 aliphatic heterocycles. The number of thioether (sulfide) groups is 1. The molecule has 3 atom stereocenters. The van der Waals surface area contributed by atoms with E-state index in [-0.39, 0.29) is 43.1 Å². The summed E-state index contributed by atoms with van der Waals surface area (Å²) in [7, 11) is 0. The molecule has 1 saturated heterocycles. The number of anilines is 1. The summed E-state index contributed by atoms with van der Waals surface area (Å²) >= 11 is 1.69. The van der Waals surface area contributed by atoms with Gasteiger partial charge in [0.15, 0.2) is 6.29 Å². The largest absolute Gasteiger partial charge is 0.392 e. The van der Waals surface area contributed by atoms with Crippen molar-refractivity contribution in [1.82, 2.24) is 4.90 Å². The molecule has 2 aliphatic rings. The lowest BCUT2D eigenvalue weighted by Gasteiger charge is -2.36. The Bertz CT molecular complexity index is 2000. The average molecular weight is 685 g/mol. The van der Waals surface area contributed by atoms with Crippen LogP contribution in [0.4, 0.5) is 5.69 Å². The van der Waals surface area contributed by atoms with E-state index in [2.05, 4.69) is 11.4 Å². The molecule has 0 bridgehead atoms. The standard InChI is InChI=1S/C41H36N2O6S/c1-26(45)42-33-16-18-35(19-17-33)50-25-34-22-38(29-14-12-27(24-44)13-15-29)49-41(48-34)32-9-5-8-31(21-32)30-7-4-6-28(20-30)23-43-39(46)36-10-2-3-11-37(36)40(43)47/h2-21,34,38,41,44H,22-25H2,1H3,(H,42,45)/t34-,38+,41+/m1/s1. The second-order valence-electron chi connectivity index (χ2n) is 12.4. The molecule has 0 aromatic heterocycles. The van der Waals surface area contributed by atoms with E-state index in [9.17, 15) is 19.5 Å². The summed E-state index contributed by atoms with van der Waals surface area (Å²) in [5.74, 6) is 0.0347. The summed E-state index contributed by atoms with van der Waals surface area (Å²) in [6, 6.07) is 38.5. The van der Waals surface area contributed by atoms with E-state index >= 15 is 0 Å². The number of fused-ring (bicyclic) bond motifs is 1. The van der Waals surface area contributed by atoms with Gasteiger partial charge in [-0.25, -0.2) is 0 Å². The lowest BCUT2D eigenvalue weighted by atomic mass is 9.99. The summed E-state index contributed by atoms with van der Waals surface area (Å²) in [5.41, 5.74) is 7.11. The molecule has 1 fully saturated rings. The number of hydrogen-bond acceptors (Lipinski definition) is 7. The zero-order valence-electron chi connectivity index (χ0n) is 27.5. The van der Waals surface area contributed by atoms with Gasteiger partial charge in [-0.1, -0.05) is 72.8 Å². The Kier molecular flexibility index (Phi) is 9.91. The second kappa shape index (κ2) is 14.8. The molecular formula is C41H36N2O6S. The smallest absolute Gasteiger partial charge is 0.261 e. The number of nitrogens with zero attached hydrogens (tertiary/aromatic N) is 1. The van der Waals surface area contributed by atoms with E-state index in [0.717, 1.165) is 44.0 Å². The van der Waals surface area contributed by atoms with Crippen molar-refractivity contribution in [2.45, 2.75) is 49.9 Å². The minimum Gasteiger partial charge on any atom is -0.392 e. The molecule has 9 heteroatoms. The Morgan fingerprint density at radius 3 is 2.14 bits per heavy atom. The van der Waals surface area contributed by atoms with Crippen molar-refractivity contribution in [1.29, 1.82) is 0 Å². The van der Waals surface area contributed by atoms with Crippen molar-refractivity contribution in [3.63, 3.8) is 0 Å². The minimum atomic E-state index is -0.625. The molecule has 252 valence electrons. The zero-order valence-corrected chi connectivity index (χ0v) is 28.3. The maximum atomic E-state index is 13.0. The zero-order chi connectivity index (χ0) is 34.6. The first-order chi connectivity index (χ1) is 24.3. The summed E-state index contributed by atoms with van der Waals surface area (Å²) < 4.78 is 13.2. The van der Waals surface area contributed by atoms with E-state index in [1.165, 1.54) is 11.8 Å². The molecule has 0 saturated carbocycles. The fourth-order valence-electron chi connectivity index (χ4n) is 6.33. The molecule has 8 nitrogen and oxygen atoms in total. The van der Waals surface area contributed by atoms with E-state index in [0.29, 0.717) is 23.3 Å². The van der Waals surface area contributed by atoms with E-state index < -0.39 is 6.29 Å². The van der Waals surface area contributed by atoms with Gasteiger partial charge in [-0.15, -0.1) is 11.8 Å². The highest BCUT2D eigenvalue weighted by Gasteiger charge is 2.35. The van der Waals surface area contributed by atoms with Crippen molar-refractivity contribution in [3.05, 3.63) is 155 Å². The van der Waals surface area contributed by atoms with Crippen molar-refractivity contribution in [3.8, 4) is 11.1 Å². The summed E-state index contributed by atoms with van der Waals surface area (Å²) in [6.07, 6.45) is -0.310. The van der Waals surface area contributed by atoms with Crippen molar-refractivity contribution in [2.75, 3.05) is 11.1 Å². The number of hydrogen-bond donors (Lipinski definition) is 2. The predicted molar refractivity (Wildman–Crippen MR) is 192 cm³/mol. The van der Waals surface area contributed by atoms with Gasteiger partial charge >= 0.3 is 0 Å². The Hall–Kier alpha value is -5.06. The molecule has 0 radical (unpaired) electrons. The summed E-state index contributed by atoms with van der Waals surface area (Å²) in [6.45, 7) is 1.65. The molecule has 2 N–H and O–H groups in total. The lowest BCUT2D eigenvalue weighted by molar-refractivity contribution is -0.245. The van der Waals surface area contributed by atoms with Gasteiger partial charge in [-0.2, -0.15) is 0 Å². The highest BCUT2D eigenvalue weighted by molar-refractivity contribution is 7.99. The number of nitrogens with one attached hydrogen (secondary N) is 1. The van der Waals surface area contributed by atoms with Crippen LogP contribution in [0, 0.1) is 0 Å². The van der Waals surface area contributed by atoms with Gasteiger partial charge in [0.2, 0.25) is 5.91 Å². The fraction of sp³-hybridized carbons (Fsp3) is 0.195. The fourth-order valence-corrected chi connectivity index (χ4v) is 7.25. The number of benzene rings is 5. The number of amides is 3. The highest BCUT2D eigenvalue weighted by atomic mass is 32.2. The van der Waals surface area contributed by atoms with Crippen LogP contribution < -0.4 is 5.32 Å². The number of aliphatic hydroxyl groups is 1.